The summed E-state index contributed by atoms with van der Waals surface area (Å²) in [6.07, 6.45) is 1.25. The van der Waals surface area contributed by atoms with E-state index in [2.05, 4.69) is 9.73 Å². The van der Waals surface area contributed by atoms with Crippen LogP contribution < -0.4 is 4.74 Å². The zero-order valence-corrected chi connectivity index (χ0v) is 12.1. The highest BCUT2D eigenvalue weighted by atomic mass is 19.3. The summed E-state index contributed by atoms with van der Waals surface area (Å²) >= 11 is 0. The molecule has 0 saturated carbocycles. The first-order chi connectivity index (χ1) is 11.5. The van der Waals surface area contributed by atoms with Gasteiger partial charge >= 0.3 is 12.6 Å². The Bertz CT molecular complexity index is 846. The number of alkyl halides is 2. The van der Waals surface area contributed by atoms with Gasteiger partial charge < -0.3 is 9.47 Å². The van der Waals surface area contributed by atoms with Crippen molar-refractivity contribution in [3.05, 3.63) is 71.2 Å². The third-order valence-electron chi connectivity index (χ3n) is 3.12. The van der Waals surface area contributed by atoms with Gasteiger partial charge in [-0.3, -0.25) is 0 Å². The fourth-order valence-electron chi connectivity index (χ4n) is 2.08. The van der Waals surface area contributed by atoms with E-state index in [0.29, 0.717) is 5.56 Å². The Balaban J connectivity index is 1.91. The molecule has 0 bridgehead atoms. The lowest BCUT2D eigenvalue weighted by molar-refractivity contribution is -0.129. The zero-order valence-electron chi connectivity index (χ0n) is 12.1. The number of hydrogen-bond acceptors (Lipinski definition) is 4. The molecule has 0 N–H and O–H groups in total. The molecule has 3 rings (SSSR count). The lowest BCUT2D eigenvalue weighted by Crippen LogP contribution is -2.07. The number of carbonyl (C=O) groups is 1. The SMILES string of the molecule is O=C1OC(c2cccc(OC(F)F)c2)=N/C1=C\c1ccccc1F. The summed E-state index contributed by atoms with van der Waals surface area (Å²) in [7, 11) is 0. The Morgan fingerprint density at radius 3 is 2.67 bits per heavy atom. The van der Waals surface area contributed by atoms with Crippen LogP contribution in [0, 0.1) is 5.82 Å². The number of nitrogens with zero attached hydrogens (tertiary/aromatic N) is 1. The van der Waals surface area contributed by atoms with Crippen molar-refractivity contribution in [2.45, 2.75) is 6.61 Å². The Labute approximate surface area is 134 Å². The summed E-state index contributed by atoms with van der Waals surface area (Å²) < 4.78 is 47.4. The molecule has 2 aromatic rings. The maximum atomic E-state index is 13.6. The van der Waals surface area contributed by atoms with Crippen molar-refractivity contribution in [2.24, 2.45) is 4.99 Å². The highest BCUT2D eigenvalue weighted by Crippen LogP contribution is 2.23. The van der Waals surface area contributed by atoms with E-state index < -0.39 is 18.4 Å². The van der Waals surface area contributed by atoms with Crippen LogP contribution in [0.5, 0.6) is 5.75 Å². The fraction of sp³-hybridized carbons (Fsp3) is 0.0588. The van der Waals surface area contributed by atoms with E-state index in [1.54, 1.807) is 6.07 Å². The Kier molecular flexibility index (Phi) is 4.33. The van der Waals surface area contributed by atoms with Gasteiger partial charge in [0.15, 0.2) is 5.70 Å². The van der Waals surface area contributed by atoms with Crippen LogP contribution in [0.2, 0.25) is 0 Å². The lowest BCUT2D eigenvalue weighted by atomic mass is 10.2. The maximum absolute atomic E-state index is 13.6. The summed E-state index contributed by atoms with van der Waals surface area (Å²) in [5.74, 6) is -1.42. The first-order valence-corrected chi connectivity index (χ1v) is 6.85. The van der Waals surface area contributed by atoms with Crippen molar-refractivity contribution in [3.8, 4) is 5.75 Å². The van der Waals surface area contributed by atoms with E-state index >= 15 is 0 Å². The predicted octanol–water partition coefficient (Wildman–Crippen LogP) is 3.77. The topological polar surface area (TPSA) is 47.9 Å². The van der Waals surface area contributed by atoms with Gasteiger partial charge in [-0.05, 0) is 30.3 Å². The molecule has 4 nitrogen and oxygen atoms in total. The highest BCUT2D eigenvalue weighted by Gasteiger charge is 2.25. The molecular formula is C17H10F3NO3. The monoisotopic (exact) mass is 333 g/mol. The van der Waals surface area contributed by atoms with Crippen LogP contribution in [0.1, 0.15) is 11.1 Å². The number of esters is 1. The molecule has 24 heavy (non-hydrogen) atoms. The number of cyclic esters (lactones) is 1. The lowest BCUT2D eigenvalue weighted by Gasteiger charge is -2.05. The van der Waals surface area contributed by atoms with Crippen LogP contribution in [0.15, 0.2) is 59.2 Å². The number of aliphatic imine (C=N–C) groups is 1. The molecule has 0 atom stereocenters. The molecule has 2 aromatic carbocycles. The zero-order chi connectivity index (χ0) is 17.1. The van der Waals surface area contributed by atoms with Gasteiger partial charge in [-0.15, -0.1) is 0 Å². The molecule has 1 aliphatic rings. The molecule has 0 unspecified atom stereocenters. The first-order valence-electron chi connectivity index (χ1n) is 6.85. The third kappa shape index (κ3) is 3.45. The summed E-state index contributed by atoms with van der Waals surface area (Å²) in [4.78, 5) is 15.8. The van der Waals surface area contributed by atoms with Gasteiger partial charge in [0.05, 0.1) is 0 Å². The van der Waals surface area contributed by atoms with Gasteiger partial charge in [-0.1, -0.05) is 24.3 Å². The largest absolute Gasteiger partial charge is 0.435 e. The van der Waals surface area contributed by atoms with E-state index in [1.807, 2.05) is 0 Å². The van der Waals surface area contributed by atoms with Gasteiger partial charge in [-0.25, -0.2) is 14.2 Å². The molecule has 0 amide bonds. The number of ether oxygens (including phenoxy) is 2. The molecule has 0 aromatic heterocycles. The van der Waals surface area contributed by atoms with E-state index in [4.69, 9.17) is 4.74 Å². The second-order valence-electron chi connectivity index (χ2n) is 4.76. The summed E-state index contributed by atoms with van der Waals surface area (Å²) in [5.41, 5.74) is 0.387. The van der Waals surface area contributed by atoms with Gasteiger partial charge in [-0.2, -0.15) is 8.78 Å². The van der Waals surface area contributed by atoms with Crippen molar-refractivity contribution in [1.29, 1.82) is 0 Å². The molecule has 7 heteroatoms. The number of rotatable bonds is 4. The van der Waals surface area contributed by atoms with Crippen LogP contribution >= 0.6 is 0 Å². The molecule has 0 radical (unpaired) electrons. The Hall–Kier alpha value is -3.09. The van der Waals surface area contributed by atoms with E-state index in [9.17, 15) is 18.0 Å². The van der Waals surface area contributed by atoms with E-state index in [1.165, 1.54) is 48.5 Å². The molecule has 0 fully saturated rings. The third-order valence-corrected chi connectivity index (χ3v) is 3.12. The second kappa shape index (κ2) is 6.57. The van der Waals surface area contributed by atoms with Crippen molar-refractivity contribution in [3.63, 3.8) is 0 Å². The Morgan fingerprint density at radius 2 is 1.92 bits per heavy atom. The van der Waals surface area contributed by atoms with Gasteiger partial charge in [0.2, 0.25) is 5.90 Å². The average molecular weight is 333 g/mol. The minimum absolute atomic E-state index is 0.0673. The summed E-state index contributed by atoms with van der Waals surface area (Å²) in [5, 5.41) is 0. The number of carbonyl (C=O) groups excluding carboxylic acids is 1. The number of halogens is 3. The van der Waals surface area contributed by atoms with Crippen molar-refractivity contribution in [2.75, 3.05) is 0 Å². The Morgan fingerprint density at radius 1 is 1.12 bits per heavy atom. The predicted molar refractivity (Wildman–Crippen MR) is 80.1 cm³/mol. The quantitative estimate of drug-likeness (QED) is 0.632. The van der Waals surface area contributed by atoms with Crippen molar-refractivity contribution < 1.29 is 27.4 Å². The number of hydrogen-bond donors (Lipinski definition) is 0. The standard InChI is InChI=1S/C17H10F3NO3/c18-13-7-2-1-4-10(13)9-14-16(22)24-15(21-14)11-5-3-6-12(8-11)23-17(19)20/h1-9,17H/b14-9-. The minimum Gasteiger partial charge on any atom is -0.435 e. The second-order valence-corrected chi connectivity index (χ2v) is 4.76. The van der Waals surface area contributed by atoms with Crippen molar-refractivity contribution in [1.82, 2.24) is 0 Å². The molecule has 1 heterocycles. The van der Waals surface area contributed by atoms with E-state index in [-0.39, 0.29) is 22.9 Å². The molecule has 0 spiro atoms. The normalized spacial score (nSPS) is 15.6. The summed E-state index contributed by atoms with van der Waals surface area (Å²) in [6, 6.07) is 11.5. The number of benzene rings is 2. The molecule has 1 aliphatic heterocycles. The smallest absolute Gasteiger partial charge is 0.387 e. The van der Waals surface area contributed by atoms with Crippen LogP contribution in [0.25, 0.3) is 6.08 Å². The summed E-state index contributed by atoms with van der Waals surface area (Å²) in [6.45, 7) is -2.97. The van der Waals surface area contributed by atoms with Gasteiger partial charge in [0.1, 0.15) is 11.6 Å². The molecule has 122 valence electrons. The van der Waals surface area contributed by atoms with E-state index in [0.717, 1.165) is 0 Å². The van der Waals surface area contributed by atoms with Crippen LogP contribution in [-0.2, 0) is 9.53 Å². The van der Waals surface area contributed by atoms with Crippen LogP contribution in [0.4, 0.5) is 13.2 Å². The molecular weight excluding hydrogens is 323 g/mol. The molecule has 0 saturated heterocycles. The average Bonchev–Trinajstić information content (AvgIpc) is 2.90. The van der Waals surface area contributed by atoms with Gasteiger partial charge in [0.25, 0.3) is 0 Å². The van der Waals surface area contributed by atoms with Crippen LogP contribution in [-0.4, -0.2) is 18.5 Å². The highest BCUT2D eigenvalue weighted by molar-refractivity contribution is 6.12. The van der Waals surface area contributed by atoms with Gasteiger partial charge in [0, 0.05) is 11.1 Å². The first kappa shape index (κ1) is 15.8. The van der Waals surface area contributed by atoms with Crippen LogP contribution in [0.3, 0.4) is 0 Å². The fourth-order valence-corrected chi connectivity index (χ4v) is 2.08. The molecule has 0 aliphatic carbocycles. The maximum Gasteiger partial charge on any atom is 0.387 e. The van der Waals surface area contributed by atoms with Crippen molar-refractivity contribution >= 4 is 17.9 Å². The minimum atomic E-state index is -2.97.